The lowest BCUT2D eigenvalue weighted by molar-refractivity contribution is 0.417. The first-order chi connectivity index (χ1) is 8.18. The minimum Gasteiger partial charge on any atom is -0.396 e. The van der Waals surface area contributed by atoms with Gasteiger partial charge in [-0.25, -0.2) is 17.5 Å². The molecule has 0 heterocycles. The first kappa shape index (κ1) is 14.9. The molecule has 3 N–H and O–H groups in total. The number of halogens is 1. The molecule has 0 fully saturated rings. The summed E-state index contributed by atoms with van der Waals surface area (Å²) in [5.41, 5.74) is 4.68. The number of nitrogens with two attached hydrogens (primary N) is 1. The standard InChI is InChI=1S/C12H19FN2O2S/c1-4-7-12(2,3)15-18(16,17)9-5-6-11(14)10(13)8-9/h5-6,8,15H,4,7,14H2,1-3H3. The number of rotatable bonds is 5. The van der Waals surface area contributed by atoms with Crippen LogP contribution in [0.5, 0.6) is 0 Å². The number of hydrogen-bond acceptors (Lipinski definition) is 3. The lowest BCUT2D eigenvalue weighted by Gasteiger charge is -2.25. The molecule has 0 atom stereocenters. The number of nitrogens with one attached hydrogen (secondary N) is 1. The van der Waals surface area contributed by atoms with E-state index in [9.17, 15) is 12.8 Å². The molecule has 0 aliphatic carbocycles. The van der Waals surface area contributed by atoms with Crippen LogP contribution in [0.15, 0.2) is 23.1 Å². The van der Waals surface area contributed by atoms with E-state index in [4.69, 9.17) is 5.73 Å². The molecule has 0 unspecified atom stereocenters. The topological polar surface area (TPSA) is 72.2 Å². The Bertz CT molecular complexity index is 527. The van der Waals surface area contributed by atoms with Gasteiger partial charge in [-0.05, 0) is 38.5 Å². The van der Waals surface area contributed by atoms with Crippen molar-refractivity contribution in [2.45, 2.75) is 44.0 Å². The number of sulfonamides is 1. The van der Waals surface area contributed by atoms with Crippen LogP contribution >= 0.6 is 0 Å². The number of anilines is 1. The third-order valence-electron chi connectivity index (χ3n) is 2.57. The van der Waals surface area contributed by atoms with Crippen LogP contribution in [-0.2, 0) is 10.0 Å². The normalized spacial score (nSPS) is 12.7. The van der Waals surface area contributed by atoms with Crippen molar-refractivity contribution in [3.8, 4) is 0 Å². The van der Waals surface area contributed by atoms with Crippen molar-refractivity contribution in [2.75, 3.05) is 5.73 Å². The van der Waals surface area contributed by atoms with Gasteiger partial charge in [-0.3, -0.25) is 0 Å². The summed E-state index contributed by atoms with van der Waals surface area (Å²) in [5, 5.41) is 0. The van der Waals surface area contributed by atoms with Crippen molar-refractivity contribution < 1.29 is 12.8 Å². The molecule has 0 aliphatic rings. The SMILES string of the molecule is CCCC(C)(C)NS(=O)(=O)c1ccc(N)c(F)c1. The van der Waals surface area contributed by atoms with Crippen molar-refractivity contribution in [3.05, 3.63) is 24.0 Å². The van der Waals surface area contributed by atoms with Crippen LogP contribution in [0.3, 0.4) is 0 Å². The second kappa shape index (κ2) is 5.24. The summed E-state index contributed by atoms with van der Waals surface area (Å²) in [6.45, 7) is 5.56. The van der Waals surface area contributed by atoms with E-state index in [-0.39, 0.29) is 10.6 Å². The number of benzene rings is 1. The smallest absolute Gasteiger partial charge is 0.241 e. The van der Waals surface area contributed by atoms with E-state index in [0.29, 0.717) is 6.42 Å². The Morgan fingerprint density at radius 1 is 1.39 bits per heavy atom. The average Bonchev–Trinajstić information content (AvgIpc) is 2.20. The molecule has 4 nitrogen and oxygen atoms in total. The Kier molecular flexibility index (Phi) is 4.34. The van der Waals surface area contributed by atoms with Crippen molar-refractivity contribution >= 4 is 15.7 Å². The van der Waals surface area contributed by atoms with Crippen LogP contribution in [0.4, 0.5) is 10.1 Å². The third kappa shape index (κ3) is 3.68. The lowest BCUT2D eigenvalue weighted by Crippen LogP contribution is -2.43. The highest BCUT2D eigenvalue weighted by atomic mass is 32.2. The van der Waals surface area contributed by atoms with Crippen molar-refractivity contribution in [1.29, 1.82) is 0 Å². The first-order valence-corrected chi connectivity index (χ1v) is 7.25. The largest absolute Gasteiger partial charge is 0.396 e. The molecule has 0 saturated carbocycles. The summed E-state index contributed by atoms with van der Waals surface area (Å²) >= 11 is 0. The molecule has 0 aromatic heterocycles. The zero-order valence-electron chi connectivity index (χ0n) is 10.8. The Hall–Kier alpha value is -1.14. The first-order valence-electron chi connectivity index (χ1n) is 5.77. The zero-order chi connectivity index (χ0) is 14.0. The Morgan fingerprint density at radius 2 is 2.00 bits per heavy atom. The summed E-state index contributed by atoms with van der Waals surface area (Å²) in [5.74, 6) is -0.730. The van der Waals surface area contributed by atoms with Crippen LogP contribution in [0, 0.1) is 5.82 Å². The van der Waals surface area contributed by atoms with Gasteiger partial charge in [-0.1, -0.05) is 13.3 Å². The van der Waals surface area contributed by atoms with E-state index in [0.717, 1.165) is 12.5 Å². The van der Waals surface area contributed by atoms with Crippen LogP contribution < -0.4 is 10.5 Å². The quantitative estimate of drug-likeness (QED) is 0.809. The molecule has 18 heavy (non-hydrogen) atoms. The molecule has 102 valence electrons. The van der Waals surface area contributed by atoms with E-state index < -0.39 is 21.4 Å². The molecule has 1 aromatic rings. The molecular weight excluding hydrogens is 255 g/mol. The van der Waals surface area contributed by atoms with Gasteiger partial charge in [0, 0.05) is 5.54 Å². The van der Waals surface area contributed by atoms with Crippen LogP contribution in [0.1, 0.15) is 33.6 Å². The average molecular weight is 274 g/mol. The van der Waals surface area contributed by atoms with E-state index in [2.05, 4.69) is 4.72 Å². The molecule has 0 bridgehead atoms. The third-order valence-corrected chi connectivity index (χ3v) is 4.26. The highest BCUT2D eigenvalue weighted by Crippen LogP contribution is 2.19. The molecule has 0 amide bonds. The van der Waals surface area contributed by atoms with Gasteiger partial charge < -0.3 is 5.73 Å². The van der Waals surface area contributed by atoms with Gasteiger partial charge in [-0.2, -0.15) is 0 Å². The second-order valence-electron chi connectivity index (χ2n) is 4.92. The summed E-state index contributed by atoms with van der Waals surface area (Å²) in [4.78, 5) is -0.113. The van der Waals surface area contributed by atoms with Gasteiger partial charge in [0.25, 0.3) is 0 Å². The summed E-state index contributed by atoms with van der Waals surface area (Å²) in [6.07, 6.45) is 1.55. The molecule has 6 heteroatoms. The molecule has 0 saturated heterocycles. The Labute approximate surface area is 107 Å². The fourth-order valence-corrected chi connectivity index (χ4v) is 3.23. The highest BCUT2D eigenvalue weighted by Gasteiger charge is 2.25. The van der Waals surface area contributed by atoms with Crippen LogP contribution in [0.25, 0.3) is 0 Å². The van der Waals surface area contributed by atoms with Gasteiger partial charge >= 0.3 is 0 Å². The van der Waals surface area contributed by atoms with Gasteiger partial charge in [0.15, 0.2) is 0 Å². The monoisotopic (exact) mass is 274 g/mol. The highest BCUT2D eigenvalue weighted by molar-refractivity contribution is 7.89. The second-order valence-corrected chi connectivity index (χ2v) is 6.61. The zero-order valence-corrected chi connectivity index (χ0v) is 11.6. The van der Waals surface area contributed by atoms with Gasteiger partial charge in [-0.15, -0.1) is 0 Å². The van der Waals surface area contributed by atoms with Gasteiger partial charge in [0.2, 0.25) is 10.0 Å². The van der Waals surface area contributed by atoms with Crippen molar-refractivity contribution in [1.82, 2.24) is 4.72 Å². The van der Waals surface area contributed by atoms with Crippen LogP contribution in [0.2, 0.25) is 0 Å². The predicted octanol–water partition coefficient (Wildman–Crippen LogP) is 2.26. The molecular formula is C12H19FN2O2S. The molecule has 1 rings (SSSR count). The summed E-state index contributed by atoms with van der Waals surface area (Å²) in [7, 11) is -3.72. The maximum atomic E-state index is 13.3. The predicted molar refractivity (Wildman–Crippen MR) is 70.1 cm³/mol. The number of hydrogen-bond donors (Lipinski definition) is 2. The van der Waals surface area contributed by atoms with Gasteiger partial charge in [0.05, 0.1) is 10.6 Å². The molecule has 0 radical (unpaired) electrons. The van der Waals surface area contributed by atoms with Crippen molar-refractivity contribution in [3.63, 3.8) is 0 Å². The van der Waals surface area contributed by atoms with E-state index in [1.54, 1.807) is 13.8 Å². The Morgan fingerprint density at radius 3 is 2.50 bits per heavy atom. The molecule has 1 aromatic carbocycles. The maximum absolute atomic E-state index is 13.3. The lowest BCUT2D eigenvalue weighted by atomic mass is 10.0. The number of nitrogen functional groups attached to an aromatic ring is 1. The van der Waals surface area contributed by atoms with Crippen molar-refractivity contribution in [2.24, 2.45) is 0 Å². The van der Waals surface area contributed by atoms with E-state index >= 15 is 0 Å². The summed E-state index contributed by atoms with van der Waals surface area (Å²) in [6, 6.07) is 3.47. The maximum Gasteiger partial charge on any atom is 0.241 e. The minimum absolute atomic E-state index is 0.0678. The van der Waals surface area contributed by atoms with Crippen LogP contribution in [-0.4, -0.2) is 14.0 Å². The van der Waals surface area contributed by atoms with E-state index in [1.165, 1.54) is 12.1 Å². The minimum atomic E-state index is -3.72. The Balaban J connectivity index is 3.03. The fraction of sp³-hybridized carbons (Fsp3) is 0.500. The van der Waals surface area contributed by atoms with E-state index in [1.807, 2.05) is 6.92 Å². The van der Waals surface area contributed by atoms with Gasteiger partial charge in [0.1, 0.15) is 5.82 Å². The summed E-state index contributed by atoms with van der Waals surface area (Å²) < 4.78 is 40.0. The molecule has 0 spiro atoms. The molecule has 0 aliphatic heterocycles. The fourth-order valence-electron chi connectivity index (χ4n) is 1.77.